The van der Waals surface area contributed by atoms with Gasteiger partial charge in [-0.2, -0.15) is 31.4 Å². The summed E-state index contributed by atoms with van der Waals surface area (Å²) in [6.45, 7) is 0.181. The molecule has 0 saturated carbocycles. The van der Waals surface area contributed by atoms with Crippen LogP contribution in [-0.2, 0) is 12.4 Å². The van der Waals surface area contributed by atoms with Gasteiger partial charge in [-0.15, -0.1) is 21.5 Å². The third-order valence-electron chi connectivity index (χ3n) is 4.36. The van der Waals surface area contributed by atoms with Crippen molar-refractivity contribution in [3.8, 4) is 16.4 Å². The molecule has 1 amide bonds. The fourth-order valence-electron chi connectivity index (χ4n) is 2.87. The Balaban J connectivity index is 0.00000118. The smallest absolute Gasteiger partial charge is 0.370 e. The minimum Gasteiger partial charge on any atom is -0.370 e. The highest BCUT2D eigenvalue weighted by Crippen LogP contribution is 2.36. The van der Waals surface area contributed by atoms with E-state index in [-0.39, 0.29) is 41.9 Å². The van der Waals surface area contributed by atoms with E-state index in [1.165, 1.54) is 17.5 Å². The normalized spacial score (nSPS) is 11.3. The predicted molar refractivity (Wildman–Crippen MR) is 121 cm³/mol. The molecule has 2 heterocycles. The number of carbonyl (C=O) groups is 1. The van der Waals surface area contributed by atoms with E-state index in [0.29, 0.717) is 4.68 Å². The van der Waals surface area contributed by atoms with E-state index in [0.717, 1.165) is 29.7 Å². The number of thiazole rings is 1. The summed E-state index contributed by atoms with van der Waals surface area (Å²) in [5, 5.41) is 20.7. The molecule has 2 aromatic heterocycles. The Bertz CT molecular complexity index is 1300. The molecule has 3 rings (SSSR count). The number of carbonyl (C=O) groups excluding carboxylic acids is 1. The van der Waals surface area contributed by atoms with Crippen molar-refractivity contribution in [3.05, 3.63) is 62.8 Å². The highest BCUT2D eigenvalue weighted by atomic mass is 32.1. The summed E-state index contributed by atoms with van der Waals surface area (Å²) in [5.41, 5.74) is 7.41. The average molecular weight is 568 g/mol. The molecule has 0 fully saturated rings. The molecule has 206 valence electrons. The molecule has 0 aliphatic rings. The summed E-state index contributed by atoms with van der Waals surface area (Å²) < 4.78 is 80.8. The van der Waals surface area contributed by atoms with Gasteiger partial charge in [0.25, 0.3) is 11.0 Å². The van der Waals surface area contributed by atoms with Crippen molar-refractivity contribution >= 4 is 23.2 Å². The lowest BCUT2D eigenvalue weighted by atomic mass is 10.1. The number of aromatic nitrogens is 3. The molecular weight excluding hydrogens is 550 g/mol. The van der Waals surface area contributed by atoms with E-state index in [1.54, 1.807) is 0 Å². The Morgan fingerprint density at radius 2 is 1.87 bits per heavy atom. The molecule has 0 bridgehead atoms. The highest BCUT2D eigenvalue weighted by Gasteiger charge is 2.41. The van der Waals surface area contributed by atoms with E-state index in [1.807, 2.05) is 0 Å². The maximum atomic E-state index is 13.8. The molecule has 0 aliphatic heterocycles. The van der Waals surface area contributed by atoms with Crippen LogP contribution in [0.3, 0.4) is 0 Å². The number of halogens is 6. The number of hydrogen-bond acceptors (Lipinski definition) is 7. The Morgan fingerprint density at radius 3 is 2.45 bits per heavy atom. The van der Waals surface area contributed by atoms with Crippen molar-refractivity contribution in [2.75, 3.05) is 13.1 Å². The van der Waals surface area contributed by atoms with Crippen molar-refractivity contribution in [1.29, 1.82) is 0 Å². The molecule has 38 heavy (non-hydrogen) atoms. The van der Waals surface area contributed by atoms with Gasteiger partial charge < -0.3 is 22.0 Å². The first-order valence-corrected chi connectivity index (χ1v) is 10.9. The highest BCUT2D eigenvalue weighted by molar-refractivity contribution is 7.12. The van der Waals surface area contributed by atoms with E-state index in [4.69, 9.17) is 26.8 Å². The summed E-state index contributed by atoms with van der Waals surface area (Å²) in [7, 11) is 0. The topological polar surface area (TPSA) is 188 Å². The van der Waals surface area contributed by atoms with Gasteiger partial charge in [-0.05, 0) is 18.6 Å². The van der Waals surface area contributed by atoms with Gasteiger partial charge in [0.15, 0.2) is 11.7 Å². The Kier molecular flexibility index (Phi) is 9.58. The largest absolute Gasteiger partial charge is 0.434 e. The molecule has 0 atom stereocenters. The second-order valence-electron chi connectivity index (χ2n) is 7.06. The minimum absolute atomic E-state index is 0.00896. The SMILES string of the molecule is NC(N)=NCCCNC(=O)c1cnn(-c2nc(-c3cccc(C(F)(F)F)c3)cs2)c1C(F)(F)F.O=[N+]([O-])O. The molecule has 6 N–H and O–H groups in total. The Morgan fingerprint density at radius 1 is 1.21 bits per heavy atom. The summed E-state index contributed by atoms with van der Waals surface area (Å²) >= 11 is 0.731. The van der Waals surface area contributed by atoms with Crippen molar-refractivity contribution in [3.63, 3.8) is 0 Å². The van der Waals surface area contributed by atoms with E-state index >= 15 is 0 Å². The van der Waals surface area contributed by atoms with Gasteiger partial charge in [0.1, 0.15) is 0 Å². The number of alkyl halides is 6. The first kappa shape index (κ1) is 29.8. The maximum absolute atomic E-state index is 13.8. The number of aliphatic imine (C=N–C) groups is 1. The number of benzene rings is 1. The second kappa shape index (κ2) is 12.2. The van der Waals surface area contributed by atoms with Crippen molar-refractivity contribution in [1.82, 2.24) is 20.1 Å². The Labute approximate surface area is 212 Å². The molecule has 3 aromatic rings. The summed E-state index contributed by atoms with van der Waals surface area (Å²) in [4.78, 5) is 28.4. The van der Waals surface area contributed by atoms with Crippen LogP contribution in [0.4, 0.5) is 26.3 Å². The number of nitrogens with one attached hydrogen (secondary N) is 1. The fraction of sp³-hybridized carbons (Fsp3) is 0.263. The third-order valence-corrected chi connectivity index (χ3v) is 5.17. The van der Waals surface area contributed by atoms with Crippen LogP contribution in [0.1, 0.15) is 28.0 Å². The maximum Gasteiger partial charge on any atom is 0.434 e. The number of nitrogens with zero attached hydrogens (tertiary/aromatic N) is 5. The van der Waals surface area contributed by atoms with Crippen molar-refractivity contribution in [2.45, 2.75) is 18.8 Å². The van der Waals surface area contributed by atoms with Crippen LogP contribution in [0.5, 0.6) is 0 Å². The summed E-state index contributed by atoms with van der Waals surface area (Å²) in [6.07, 6.45) is -8.53. The first-order valence-electron chi connectivity index (χ1n) is 10.1. The molecule has 12 nitrogen and oxygen atoms in total. The standard InChI is InChI=1S/C19H17F6N7OS.HNO3/c20-18(21,22)11-4-1-3-10(7-11)13-9-34-17(31-13)32-14(19(23,24)25)12(8-30-32)15(33)28-5-2-6-29-16(26)27;2-1(3)4/h1,3-4,7-9H,2,5-6H2,(H,28,33)(H4,26,27,29);(H,2,3,4). The number of hydrogen-bond donors (Lipinski definition) is 4. The summed E-state index contributed by atoms with van der Waals surface area (Å²) in [6, 6.07) is 4.23. The molecule has 0 spiro atoms. The van der Waals surface area contributed by atoms with E-state index in [9.17, 15) is 31.1 Å². The lowest BCUT2D eigenvalue weighted by Crippen LogP contribution is -2.28. The number of amides is 1. The molecular formula is C19H18F6N8O4S. The molecule has 0 saturated heterocycles. The predicted octanol–water partition coefficient (Wildman–Crippen LogP) is 3.08. The van der Waals surface area contributed by atoms with Crippen LogP contribution in [-0.4, -0.2) is 50.0 Å². The van der Waals surface area contributed by atoms with Crippen LogP contribution in [0.15, 0.2) is 40.8 Å². The van der Waals surface area contributed by atoms with Gasteiger partial charge in [0, 0.05) is 24.0 Å². The molecule has 0 unspecified atom stereocenters. The van der Waals surface area contributed by atoms with Gasteiger partial charge in [-0.25, -0.2) is 9.67 Å². The lowest BCUT2D eigenvalue weighted by Gasteiger charge is -2.11. The molecule has 1 aromatic carbocycles. The average Bonchev–Trinajstić information content (AvgIpc) is 3.45. The second-order valence-corrected chi connectivity index (χ2v) is 7.90. The van der Waals surface area contributed by atoms with Crippen LogP contribution in [0.25, 0.3) is 16.4 Å². The number of guanidine groups is 1. The quantitative estimate of drug-likeness (QED) is 0.0836. The van der Waals surface area contributed by atoms with Gasteiger partial charge >= 0.3 is 12.4 Å². The number of nitrogens with two attached hydrogens (primary N) is 2. The summed E-state index contributed by atoms with van der Waals surface area (Å²) in [5.74, 6) is -1.17. The molecule has 0 radical (unpaired) electrons. The zero-order valence-electron chi connectivity index (χ0n) is 18.8. The van der Waals surface area contributed by atoms with Crippen LogP contribution < -0.4 is 16.8 Å². The van der Waals surface area contributed by atoms with Gasteiger partial charge in [-0.1, -0.05) is 12.1 Å². The van der Waals surface area contributed by atoms with E-state index in [2.05, 4.69) is 20.4 Å². The van der Waals surface area contributed by atoms with Crippen LogP contribution in [0.2, 0.25) is 0 Å². The van der Waals surface area contributed by atoms with Crippen molar-refractivity contribution in [2.24, 2.45) is 16.5 Å². The molecule has 0 aliphatic carbocycles. The minimum atomic E-state index is -4.97. The van der Waals surface area contributed by atoms with E-state index < -0.39 is 40.2 Å². The van der Waals surface area contributed by atoms with Gasteiger partial charge in [0.05, 0.1) is 23.0 Å². The van der Waals surface area contributed by atoms with Gasteiger partial charge in [-0.3, -0.25) is 9.79 Å². The monoisotopic (exact) mass is 568 g/mol. The van der Waals surface area contributed by atoms with Crippen LogP contribution >= 0.6 is 11.3 Å². The van der Waals surface area contributed by atoms with Crippen LogP contribution in [0, 0.1) is 10.1 Å². The Hall–Kier alpha value is -4.42. The number of rotatable bonds is 7. The molecule has 19 heteroatoms. The van der Waals surface area contributed by atoms with Gasteiger partial charge in [0.2, 0.25) is 5.13 Å². The van der Waals surface area contributed by atoms with Crippen molar-refractivity contribution < 1.29 is 41.4 Å². The zero-order chi connectivity index (χ0) is 28.7. The zero-order valence-corrected chi connectivity index (χ0v) is 19.6. The third kappa shape index (κ3) is 8.32. The fourth-order valence-corrected chi connectivity index (χ4v) is 3.66. The lowest BCUT2D eigenvalue weighted by molar-refractivity contribution is -0.742. The first-order chi connectivity index (χ1) is 17.6.